The number of benzene rings is 3. The van der Waals surface area contributed by atoms with Crippen molar-refractivity contribution in [2.45, 2.75) is 39.0 Å². The molecule has 0 N–H and O–H groups in total. The second-order valence-corrected chi connectivity index (χ2v) is 9.88. The van der Waals surface area contributed by atoms with Gasteiger partial charge in [-0.1, -0.05) is 93.6 Å². The smallest absolute Gasteiger partial charge is 0.164 e. The van der Waals surface area contributed by atoms with E-state index in [0.29, 0.717) is 0 Å². The van der Waals surface area contributed by atoms with Crippen LogP contribution in [0.1, 0.15) is 37.6 Å². The number of para-hydroxylation sites is 1. The zero-order valence-electron chi connectivity index (χ0n) is 19.3. The van der Waals surface area contributed by atoms with E-state index in [0.717, 1.165) is 35.6 Å². The Balaban J connectivity index is 1.81. The lowest BCUT2D eigenvalue weighted by Gasteiger charge is -2.24. The first-order valence-corrected chi connectivity index (χ1v) is 11.7. The molecule has 2 heterocycles. The maximum absolute atomic E-state index is 5.35. The van der Waals surface area contributed by atoms with Gasteiger partial charge in [0, 0.05) is 11.0 Å². The van der Waals surface area contributed by atoms with Gasteiger partial charge in [-0.05, 0) is 47.2 Å². The first-order chi connectivity index (χ1) is 16.0. The van der Waals surface area contributed by atoms with Gasteiger partial charge in [0.15, 0.2) is 5.65 Å². The highest BCUT2D eigenvalue weighted by Gasteiger charge is 2.31. The Labute approximate surface area is 194 Å². The number of aromatic nitrogens is 3. The average Bonchev–Trinajstić information content (AvgIpc) is 3.23. The standard InChI is InChI=1S/C30H27N3/c1-30(2,3)28-26-25(21-13-6-4-7-14-21)24-19-18-20-12-10-11-17-23(20)27(24)31-29(26)33(32-28)22-15-8-5-9-16-22/h4-17H,18-19H2,1-3H3. The van der Waals surface area contributed by atoms with Crippen molar-refractivity contribution in [1.82, 2.24) is 14.8 Å². The predicted octanol–water partition coefficient (Wildman–Crippen LogP) is 7.15. The van der Waals surface area contributed by atoms with Crippen molar-refractivity contribution in [1.29, 1.82) is 0 Å². The minimum Gasteiger partial charge on any atom is -0.228 e. The highest BCUT2D eigenvalue weighted by atomic mass is 15.3. The summed E-state index contributed by atoms with van der Waals surface area (Å²) in [5.41, 5.74) is 10.5. The second-order valence-electron chi connectivity index (χ2n) is 9.88. The normalized spacial score (nSPS) is 13.1. The van der Waals surface area contributed by atoms with Gasteiger partial charge >= 0.3 is 0 Å². The summed E-state index contributed by atoms with van der Waals surface area (Å²) >= 11 is 0. The van der Waals surface area contributed by atoms with Crippen LogP contribution in [-0.2, 0) is 18.3 Å². The van der Waals surface area contributed by atoms with Crippen molar-refractivity contribution in [3.05, 3.63) is 102 Å². The Morgan fingerprint density at radius 3 is 2.15 bits per heavy atom. The topological polar surface area (TPSA) is 30.7 Å². The molecular weight excluding hydrogens is 402 g/mol. The molecule has 5 aromatic rings. The van der Waals surface area contributed by atoms with Crippen LogP contribution < -0.4 is 0 Å². The van der Waals surface area contributed by atoms with E-state index in [1.807, 2.05) is 10.7 Å². The molecule has 0 saturated heterocycles. The molecule has 0 aliphatic heterocycles. The van der Waals surface area contributed by atoms with Gasteiger partial charge in [-0.25, -0.2) is 9.67 Å². The molecule has 2 aromatic heterocycles. The van der Waals surface area contributed by atoms with Crippen LogP contribution in [-0.4, -0.2) is 14.8 Å². The number of hydrogen-bond donors (Lipinski definition) is 0. The molecule has 0 saturated carbocycles. The molecule has 1 aliphatic carbocycles. The molecular formula is C30H27N3. The number of rotatable bonds is 2. The summed E-state index contributed by atoms with van der Waals surface area (Å²) in [5, 5.41) is 6.37. The molecule has 0 radical (unpaired) electrons. The summed E-state index contributed by atoms with van der Waals surface area (Å²) in [5.74, 6) is 0. The number of hydrogen-bond acceptors (Lipinski definition) is 2. The SMILES string of the molecule is CC(C)(C)c1nn(-c2ccccc2)c2nc3c(c(-c4ccccc4)c12)CCc1ccccc1-3. The third kappa shape index (κ3) is 3.19. The van der Waals surface area contributed by atoms with Crippen LogP contribution >= 0.6 is 0 Å². The largest absolute Gasteiger partial charge is 0.228 e. The number of fused-ring (bicyclic) bond motifs is 4. The molecule has 0 spiro atoms. The minimum absolute atomic E-state index is 0.121. The molecule has 6 rings (SSSR count). The number of nitrogens with zero attached hydrogens (tertiary/aromatic N) is 3. The lowest BCUT2D eigenvalue weighted by atomic mass is 9.81. The first kappa shape index (κ1) is 19.9. The molecule has 0 bridgehead atoms. The molecule has 0 fully saturated rings. The van der Waals surface area contributed by atoms with Crippen LogP contribution in [0.25, 0.3) is 39.1 Å². The van der Waals surface area contributed by atoms with Crippen molar-refractivity contribution >= 4 is 11.0 Å². The van der Waals surface area contributed by atoms with E-state index in [2.05, 4.69) is 99.6 Å². The van der Waals surface area contributed by atoms with Crippen LogP contribution in [0.2, 0.25) is 0 Å². The van der Waals surface area contributed by atoms with E-state index < -0.39 is 0 Å². The lowest BCUT2D eigenvalue weighted by Crippen LogP contribution is -2.14. The summed E-state index contributed by atoms with van der Waals surface area (Å²) in [6.07, 6.45) is 2.02. The summed E-state index contributed by atoms with van der Waals surface area (Å²) in [7, 11) is 0. The fraction of sp³-hybridized carbons (Fsp3) is 0.200. The molecule has 0 atom stereocenters. The second kappa shape index (κ2) is 7.41. The van der Waals surface area contributed by atoms with E-state index >= 15 is 0 Å². The van der Waals surface area contributed by atoms with Crippen molar-refractivity contribution in [2.75, 3.05) is 0 Å². The fourth-order valence-electron chi connectivity index (χ4n) is 5.08. The fourth-order valence-corrected chi connectivity index (χ4v) is 5.08. The average molecular weight is 430 g/mol. The van der Waals surface area contributed by atoms with E-state index in [1.54, 1.807) is 0 Å². The van der Waals surface area contributed by atoms with Crippen molar-refractivity contribution < 1.29 is 0 Å². The quantitative estimate of drug-likeness (QED) is 0.298. The van der Waals surface area contributed by atoms with Gasteiger partial charge in [-0.3, -0.25) is 0 Å². The molecule has 3 heteroatoms. The maximum atomic E-state index is 5.35. The van der Waals surface area contributed by atoms with Crippen molar-refractivity contribution in [2.24, 2.45) is 0 Å². The van der Waals surface area contributed by atoms with Crippen LogP contribution in [0, 0.1) is 0 Å². The predicted molar refractivity (Wildman–Crippen MR) is 136 cm³/mol. The molecule has 3 nitrogen and oxygen atoms in total. The summed E-state index contributed by atoms with van der Waals surface area (Å²) in [4.78, 5) is 5.35. The summed E-state index contributed by atoms with van der Waals surface area (Å²) in [6.45, 7) is 6.73. The molecule has 1 aliphatic rings. The van der Waals surface area contributed by atoms with Crippen LogP contribution in [0.15, 0.2) is 84.9 Å². The van der Waals surface area contributed by atoms with E-state index in [9.17, 15) is 0 Å². The monoisotopic (exact) mass is 429 g/mol. The van der Waals surface area contributed by atoms with E-state index in [4.69, 9.17) is 10.1 Å². The lowest BCUT2D eigenvalue weighted by molar-refractivity contribution is 0.565. The highest BCUT2D eigenvalue weighted by Crippen LogP contribution is 2.44. The Bertz CT molecular complexity index is 1470. The van der Waals surface area contributed by atoms with Gasteiger partial charge in [-0.15, -0.1) is 0 Å². The Hall–Kier alpha value is -3.72. The van der Waals surface area contributed by atoms with Gasteiger partial charge in [0.05, 0.1) is 22.5 Å². The zero-order chi connectivity index (χ0) is 22.6. The van der Waals surface area contributed by atoms with E-state index in [1.165, 1.54) is 33.2 Å². The molecule has 3 aromatic carbocycles. The zero-order valence-corrected chi connectivity index (χ0v) is 19.3. The summed E-state index contributed by atoms with van der Waals surface area (Å²) in [6, 6.07) is 29.9. The summed E-state index contributed by atoms with van der Waals surface area (Å²) < 4.78 is 2.04. The van der Waals surface area contributed by atoms with Crippen LogP contribution in [0.5, 0.6) is 0 Å². The van der Waals surface area contributed by atoms with E-state index in [-0.39, 0.29) is 5.41 Å². The maximum Gasteiger partial charge on any atom is 0.164 e. The first-order valence-electron chi connectivity index (χ1n) is 11.7. The number of aryl methyl sites for hydroxylation is 1. The van der Waals surface area contributed by atoms with Crippen molar-refractivity contribution in [3.8, 4) is 28.1 Å². The Morgan fingerprint density at radius 2 is 1.42 bits per heavy atom. The van der Waals surface area contributed by atoms with Gasteiger partial charge < -0.3 is 0 Å². The van der Waals surface area contributed by atoms with Gasteiger partial charge in [0.1, 0.15) is 0 Å². The molecule has 0 unspecified atom stereocenters. The van der Waals surface area contributed by atoms with Crippen LogP contribution in [0.4, 0.5) is 0 Å². The van der Waals surface area contributed by atoms with Gasteiger partial charge in [0.25, 0.3) is 0 Å². The van der Waals surface area contributed by atoms with Crippen molar-refractivity contribution in [3.63, 3.8) is 0 Å². The van der Waals surface area contributed by atoms with Crippen LogP contribution in [0.3, 0.4) is 0 Å². The third-order valence-corrected chi connectivity index (χ3v) is 6.61. The highest BCUT2D eigenvalue weighted by molar-refractivity contribution is 6.01. The van der Waals surface area contributed by atoms with Gasteiger partial charge in [0.2, 0.25) is 0 Å². The molecule has 0 amide bonds. The minimum atomic E-state index is -0.121. The number of pyridine rings is 1. The van der Waals surface area contributed by atoms with Gasteiger partial charge in [-0.2, -0.15) is 5.10 Å². The third-order valence-electron chi connectivity index (χ3n) is 6.61. The Morgan fingerprint density at radius 1 is 0.758 bits per heavy atom. The molecule has 33 heavy (non-hydrogen) atoms. The Kier molecular flexibility index (Phi) is 4.48. The molecule has 162 valence electrons.